The van der Waals surface area contributed by atoms with Crippen molar-refractivity contribution in [3.63, 3.8) is 0 Å². The topological polar surface area (TPSA) is 19.6 Å². The fraction of sp³-hybridized carbons (Fsp3) is 0.377. The van der Waals surface area contributed by atoms with Crippen LogP contribution in [0.3, 0.4) is 0 Å². The highest BCUT2D eigenvalue weighted by Gasteiger charge is 2.49. The van der Waals surface area contributed by atoms with Crippen LogP contribution in [-0.4, -0.2) is 14.8 Å². The summed E-state index contributed by atoms with van der Waals surface area (Å²) in [5.41, 5.74) is 21.2. The maximum atomic E-state index is 7.67. The third-order valence-electron chi connectivity index (χ3n) is 15.5. The summed E-state index contributed by atoms with van der Waals surface area (Å²) in [5, 5.41) is 2.64. The van der Waals surface area contributed by atoms with E-state index in [-0.39, 0.29) is 33.8 Å². The molecule has 0 saturated carbocycles. The molecule has 0 spiro atoms. The molecule has 5 heteroatoms. The molecule has 0 amide bonds. The normalized spacial score (nSPS) is 16.5. The molecular weight excluding hydrogens is 816 g/mol. The Morgan fingerprint density at radius 2 is 1.08 bits per heavy atom. The average molecular weight is 887 g/mol. The summed E-state index contributed by atoms with van der Waals surface area (Å²) in [6.07, 6.45) is 2.30. The van der Waals surface area contributed by atoms with Crippen LogP contribution in [-0.2, 0) is 27.1 Å². The molecule has 0 radical (unpaired) electrons. The highest BCUT2D eigenvalue weighted by atomic mass is 28.3. The molecular formula is C61H71BN2OSi. The molecule has 0 unspecified atom stereocenters. The fourth-order valence-electron chi connectivity index (χ4n) is 11.1. The van der Waals surface area contributed by atoms with E-state index in [9.17, 15) is 0 Å². The maximum absolute atomic E-state index is 7.67. The van der Waals surface area contributed by atoms with Crippen molar-refractivity contribution in [2.45, 2.75) is 150 Å². The van der Waals surface area contributed by atoms with E-state index in [1.807, 2.05) is 0 Å². The Bertz CT molecular complexity index is 3070. The zero-order chi connectivity index (χ0) is 47.3. The first-order valence-corrected chi connectivity index (χ1v) is 28.1. The zero-order valence-corrected chi connectivity index (χ0v) is 43.8. The highest BCUT2D eigenvalue weighted by molar-refractivity contribution is 7.00. The first kappa shape index (κ1) is 44.6. The van der Waals surface area contributed by atoms with Crippen molar-refractivity contribution in [2.75, 3.05) is 9.80 Å². The van der Waals surface area contributed by atoms with Gasteiger partial charge in [-0.3, -0.25) is 0 Å². The predicted molar refractivity (Wildman–Crippen MR) is 290 cm³/mol. The van der Waals surface area contributed by atoms with Gasteiger partial charge >= 0.3 is 0 Å². The van der Waals surface area contributed by atoms with Gasteiger partial charge in [-0.05, 0) is 139 Å². The van der Waals surface area contributed by atoms with Crippen molar-refractivity contribution in [2.24, 2.45) is 0 Å². The third kappa shape index (κ3) is 7.13. The first-order chi connectivity index (χ1) is 30.7. The molecule has 1 aromatic heterocycles. The summed E-state index contributed by atoms with van der Waals surface area (Å²) in [6, 6.07) is 45.2. The van der Waals surface area contributed by atoms with Crippen LogP contribution in [0.5, 0.6) is 0 Å². The van der Waals surface area contributed by atoms with Crippen LogP contribution in [0.2, 0.25) is 19.6 Å². The van der Waals surface area contributed by atoms with Crippen LogP contribution in [0.4, 0.5) is 34.1 Å². The summed E-state index contributed by atoms with van der Waals surface area (Å²) in [7, 11) is -1.93. The zero-order valence-electron chi connectivity index (χ0n) is 42.8. The van der Waals surface area contributed by atoms with Crippen LogP contribution >= 0.6 is 0 Å². The lowest BCUT2D eigenvalue weighted by atomic mass is 9.35. The van der Waals surface area contributed by atoms with Crippen LogP contribution in [0.1, 0.15) is 131 Å². The van der Waals surface area contributed by atoms with Crippen LogP contribution < -0.4 is 31.6 Å². The smallest absolute Gasteiger partial charge is 0.297 e. The molecule has 0 saturated heterocycles. The third-order valence-corrected chi connectivity index (χ3v) is 17.6. The van der Waals surface area contributed by atoms with E-state index in [0.29, 0.717) is 0 Å². The number of hydrogen-bond acceptors (Lipinski definition) is 3. The van der Waals surface area contributed by atoms with Gasteiger partial charge in [0.05, 0.1) is 25.1 Å². The Balaban J connectivity index is 1.39. The van der Waals surface area contributed by atoms with E-state index in [1.165, 1.54) is 94.6 Å². The fourth-order valence-corrected chi connectivity index (χ4v) is 12.3. The van der Waals surface area contributed by atoms with E-state index in [1.54, 1.807) is 0 Å². The number of rotatable bonds is 4. The van der Waals surface area contributed by atoms with Gasteiger partial charge in [-0.25, -0.2) is 0 Å². The number of fused-ring (bicyclic) bond motifs is 7. The Morgan fingerprint density at radius 3 is 1.65 bits per heavy atom. The summed E-state index contributed by atoms with van der Waals surface area (Å²) >= 11 is 0. The Morgan fingerprint density at radius 1 is 0.545 bits per heavy atom. The SMILES string of the molecule is CC(C)(C)c1ccc(N2c3ccc(C(C)(C)C)cc3B3c4oc5cc6c(cc5c4N(c4ccc(C(C)(C)C)cc4-c4ccccc4)c4cc([Si](C)(C)C)cc2c43)C(C)(C)CCC6(C)C)cc1. The molecule has 2 aliphatic heterocycles. The second-order valence-corrected chi connectivity index (χ2v) is 30.5. The molecule has 3 heterocycles. The van der Waals surface area contributed by atoms with Crippen molar-refractivity contribution in [3.8, 4) is 11.1 Å². The van der Waals surface area contributed by atoms with Gasteiger partial charge in [-0.2, -0.15) is 0 Å². The van der Waals surface area contributed by atoms with Gasteiger partial charge in [-0.1, -0.05) is 176 Å². The van der Waals surface area contributed by atoms with Crippen LogP contribution in [0, 0.1) is 0 Å². The van der Waals surface area contributed by atoms with Gasteiger partial charge < -0.3 is 14.2 Å². The van der Waals surface area contributed by atoms with Crippen LogP contribution in [0.25, 0.3) is 22.1 Å². The van der Waals surface area contributed by atoms with Crippen molar-refractivity contribution in [1.29, 1.82) is 0 Å². The largest absolute Gasteiger partial charge is 0.468 e. The lowest BCUT2D eigenvalue weighted by Crippen LogP contribution is -2.62. The van der Waals surface area contributed by atoms with Crippen LogP contribution in [0.15, 0.2) is 120 Å². The van der Waals surface area contributed by atoms with E-state index in [2.05, 4.69) is 235 Å². The molecule has 0 bridgehead atoms. The second kappa shape index (κ2) is 14.6. The van der Waals surface area contributed by atoms with E-state index >= 15 is 0 Å². The molecule has 7 aromatic rings. The summed E-state index contributed by atoms with van der Waals surface area (Å²) in [6.45, 7) is 38.1. The summed E-state index contributed by atoms with van der Waals surface area (Å²) in [4.78, 5) is 5.24. The van der Waals surface area contributed by atoms with Gasteiger partial charge in [-0.15, -0.1) is 0 Å². The van der Waals surface area contributed by atoms with Gasteiger partial charge in [0.2, 0.25) is 0 Å². The standard InChI is InChI=1S/C61H71BN2OSi/c1-57(2,3)39-22-26-42(27-23-39)63-50-29-25-41(59(7,8)9)33-48(50)62-54-51(63)34-43(66(14,15)16)35-52(54)64(49-28-24-40(58(4,5)6)32-44(49)38-20-18-17-19-21-38)55-45-36-46-47(37-53(45)65-56(55)62)61(12,13)31-30-60(46,10)11/h17-29,32-37H,30-31H2,1-16H3. The molecule has 0 fully saturated rings. The number of hydrogen-bond donors (Lipinski definition) is 0. The van der Waals surface area contributed by atoms with Gasteiger partial charge in [0.25, 0.3) is 6.71 Å². The molecule has 338 valence electrons. The van der Waals surface area contributed by atoms with E-state index in [4.69, 9.17) is 4.42 Å². The Labute approximate surface area is 397 Å². The molecule has 3 aliphatic rings. The summed E-state index contributed by atoms with van der Waals surface area (Å²) < 4.78 is 7.67. The number of furan rings is 1. The molecule has 0 N–H and O–H groups in total. The second-order valence-electron chi connectivity index (χ2n) is 25.4. The predicted octanol–water partition coefficient (Wildman–Crippen LogP) is 15.0. The highest BCUT2D eigenvalue weighted by Crippen LogP contribution is 2.53. The summed E-state index contributed by atoms with van der Waals surface area (Å²) in [5.74, 6) is 0. The Hall–Kier alpha value is -5.26. The molecule has 1 aliphatic carbocycles. The average Bonchev–Trinajstić information content (AvgIpc) is 3.62. The Kier molecular flexibility index (Phi) is 9.87. The number of benzene rings is 6. The van der Waals surface area contributed by atoms with E-state index < -0.39 is 8.07 Å². The minimum Gasteiger partial charge on any atom is -0.468 e. The minimum absolute atomic E-state index is 0.0322. The lowest BCUT2D eigenvalue weighted by molar-refractivity contribution is 0.332. The molecule has 6 aromatic carbocycles. The molecule has 3 nitrogen and oxygen atoms in total. The molecule has 0 atom stereocenters. The number of anilines is 6. The quantitative estimate of drug-likeness (QED) is 0.164. The van der Waals surface area contributed by atoms with Crippen molar-refractivity contribution in [3.05, 3.63) is 143 Å². The minimum atomic E-state index is -1.93. The maximum Gasteiger partial charge on any atom is 0.297 e. The first-order valence-electron chi connectivity index (χ1n) is 24.6. The number of nitrogens with zero attached hydrogens (tertiary/aromatic N) is 2. The lowest BCUT2D eigenvalue weighted by Gasteiger charge is -2.44. The van der Waals surface area contributed by atoms with Crippen molar-refractivity contribution >= 4 is 81.7 Å². The van der Waals surface area contributed by atoms with E-state index in [0.717, 1.165) is 24.1 Å². The monoisotopic (exact) mass is 887 g/mol. The van der Waals surface area contributed by atoms with Crippen molar-refractivity contribution < 1.29 is 4.42 Å². The van der Waals surface area contributed by atoms with Gasteiger partial charge in [0.1, 0.15) is 5.58 Å². The molecule has 10 rings (SSSR count). The van der Waals surface area contributed by atoms with Gasteiger partial charge in [0, 0.05) is 33.7 Å². The van der Waals surface area contributed by atoms with Crippen molar-refractivity contribution in [1.82, 2.24) is 0 Å². The molecule has 66 heavy (non-hydrogen) atoms. The van der Waals surface area contributed by atoms with Gasteiger partial charge in [0.15, 0.2) is 0 Å².